The van der Waals surface area contributed by atoms with Crippen molar-refractivity contribution in [2.75, 3.05) is 16.8 Å². The third-order valence-corrected chi connectivity index (χ3v) is 7.66. The van der Waals surface area contributed by atoms with Gasteiger partial charge in [-0.05, 0) is 53.7 Å². The van der Waals surface area contributed by atoms with E-state index in [1.807, 2.05) is 36.5 Å². The Bertz CT molecular complexity index is 1920. The van der Waals surface area contributed by atoms with Gasteiger partial charge in [0.2, 0.25) is 0 Å². The van der Waals surface area contributed by atoms with Gasteiger partial charge < -0.3 is 19.1 Å². The van der Waals surface area contributed by atoms with E-state index in [0.717, 1.165) is 50.2 Å². The molecule has 6 aromatic rings. The molecule has 0 amide bonds. The molecule has 214 valence electrons. The molecule has 0 N–H and O–H groups in total. The van der Waals surface area contributed by atoms with E-state index < -0.39 is 0 Å². The van der Waals surface area contributed by atoms with Crippen LogP contribution in [-0.4, -0.2) is 16.6 Å². The van der Waals surface area contributed by atoms with Gasteiger partial charge in [-0.3, -0.25) is 0 Å². The second-order valence-electron chi connectivity index (χ2n) is 11.7. The van der Waals surface area contributed by atoms with E-state index in [4.69, 9.17) is 4.74 Å². The van der Waals surface area contributed by atoms with Crippen LogP contribution in [0.2, 0.25) is 0 Å². The Hall–Kier alpha value is -4.08. The average molecular weight is 731 g/mol. The molecular weight excluding hydrogens is 700 g/mol. The van der Waals surface area contributed by atoms with Crippen LogP contribution in [0.3, 0.4) is 0 Å². The molecule has 0 radical (unpaired) electrons. The van der Waals surface area contributed by atoms with Crippen molar-refractivity contribution in [1.29, 1.82) is 0 Å². The van der Waals surface area contributed by atoms with Gasteiger partial charge in [0.15, 0.2) is 0 Å². The molecule has 7 rings (SSSR count). The van der Waals surface area contributed by atoms with E-state index in [0.29, 0.717) is 11.5 Å². The largest absolute Gasteiger partial charge is 0.509 e. The molecule has 42 heavy (non-hydrogen) atoms. The van der Waals surface area contributed by atoms with Crippen LogP contribution in [0.15, 0.2) is 91.1 Å². The summed E-state index contributed by atoms with van der Waals surface area (Å²) in [7, 11) is 2.08. The van der Waals surface area contributed by atoms with E-state index in [-0.39, 0.29) is 26.5 Å². The molecule has 0 unspecified atom stereocenters. The van der Waals surface area contributed by atoms with Gasteiger partial charge in [-0.25, -0.2) is 4.98 Å². The number of hydrogen-bond acceptors (Lipinski definition) is 4. The molecule has 2 aromatic heterocycles. The number of hydrogen-bond donors (Lipinski definition) is 0. The van der Waals surface area contributed by atoms with Crippen molar-refractivity contribution >= 4 is 38.9 Å². The second kappa shape index (κ2) is 10.6. The third-order valence-electron chi connectivity index (χ3n) is 7.66. The molecular formula is C36H31N4OPt-3. The summed E-state index contributed by atoms with van der Waals surface area (Å²) in [5.74, 6) is 2.12. The topological polar surface area (TPSA) is 33.5 Å². The summed E-state index contributed by atoms with van der Waals surface area (Å²) in [6, 6.07) is 36.3. The first-order chi connectivity index (χ1) is 19.8. The number of fused-ring (bicyclic) bond motifs is 4. The fourth-order valence-electron chi connectivity index (χ4n) is 5.59. The Morgan fingerprint density at radius 3 is 2.40 bits per heavy atom. The van der Waals surface area contributed by atoms with Crippen LogP contribution >= 0.6 is 0 Å². The fourth-order valence-corrected chi connectivity index (χ4v) is 5.59. The van der Waals surface area contributed by atoms with Gasteiger partial charge in [0.25, 0.3) is 0 Å². The number of benzene rings is 4. The SMILES string of the molecule is Cc1cc(Oc2[c-]c3c(cc2)c2ccccc2n3-c2ccccn2)[c-]c(N2[CH-]N(C)c3ccc(C(C)(C)C)cc32)c1.[Pt]. The summed E-state index contributed by atoms with van der Waals surface area (Å²) in [6.07, 6.45) is 1.81. The van der Waals surface area contributed by atoms with E-state index in [9.17, 15) is 0 Å². The van der Waals surface area contributed by atoms with Crippen molar-refractivity contribution in [2.45, 2.75) is 33.1 Å². The molecule has 0 saturated heterocycles. The molecule has 6 heteroatoms. The van der Waals surface area contributed by atoms with E-state index >= 15 is 0 Å². The number of nitrogens with zero attached hydrogens (tertiary/aromatic N) is 4. The fraction of sp³-hybridized carbons (Fsp3) is 0.167. The standard InChI is InChI=1S/C36H31N4O.Pt/c1-24-18-26(39-23-38(5)32-16-13-25(20-34(32)39)36(2,3)4)21-28(19-24)41-27-14-15-30-29-10-6-7-11-31(29)40(33(30)22-27)35-12-8-9-17-37-35;/h6-20,23H,1-5H3;/q-3;. The quantitative estimate of drug-likeness (QED) is 0.170. The molecule has 0 spiro atoms. The number of aromatic nitrogens is 2. The number of anilines is 3. The number of aryl methyl sites for hydroxylation is 1. The first kappa shape index (κ1) is 28.1. The van der Waals surface area contributed by atoms with Crippen LogP contribution in [0, 0.1) is 25.7 Å². The van der Waals surface area contributed by atoms with Crippen molar-refractivity contribution in [3.63, 3.8) is 0 Å². The minimum atomic E-state index is 0. The first-order valence-electron chi connectivity index (χ1n) is 13.9. The van der Waals surface area contributed by atoms with Gasteiger partial charge in [-0.1, -0.05) is 63.5 Å². The summed E-state index contributed by atoms with van der Waals surface area (Å²) < 4.78 is 8.59. The Morgan fingerprint density at radius 1 is 0.810 bits per heavy atom. The predicted octanol–water partition coefficient (Wildman–Crippen LogP) is 8.88. The smallest absolute Gasteiger partial charge is 0.135 e. The maximum Gasteiger partial charge on any atom is 0.135 e. The van der Waals surface area contributed by atoms with E-state index in [1.165, 1.54) is 5.56 Å². The number of ether oxygens (including phenoxy) is 1. The van der Waals surface area contributed by atoms with Crippen molar-refractivity contribution in [1.82, 2.24) is 9.55 Å². The summed E-state index contributed by atoms with van der Waals surface area (Å²) in [4.78, 5) is 8.97. The number of para-hydroxylation sites is 1. The van der Waals surface area contributed by atoms with Crippen molar-refractivity contribution < 1.29 is 25.8 Å². The minimum absolute atomic E-state index is 0. The molecule has 3 heterocycles. The van der Waals surface area contributed by atoms with E-state index in [2.05, 4.69) is 127 Å². The van der Waals surface area contributed by atoms with Gasteiger partial charge in [0.05, 0.1) is 0 Å². The van der Waals surface area contributed by atoms with Crippen LogP contribution in [0.5, 0.6) is 11.5 Å². The van der Waals surface area contributed by atoms with Crippen molar-refractivity contribution in [3.8, 4) is 17.3 Å². The zero-order chi connectivity index (χ0) is 28.3. The molecule has 0 atom stereocenters. The Balaban J connectivity index is 0.00000316. The van der Waals surface area contributed by atoms with Crippen LogP contribution in [0.1, 0.15) is 31.9 Å². The van der Waals surface area contributed by atoms with Crippen LogP contribution < -0.4 is 14.5 Å². The molecule has 0 saturated carbocycles. The van der Waals surface area contributed by atoms with Gasteiger partial charge in [-0.15, -0.1) is 41.4 Å². The summed E-state index contributed by atoms with van der Waals surface area (Å²) in [6.45, 7) is 10.9. The Labute approximate surface area is 261 Å². The predicted molar refractivity (Wildman–Crippen MR) is 167 cm³/mol. The number of rotatable bonds is 4. The summed E-state index contributed by atoms with van der Waals surface area (Å²) >= 11 is 0. The Morgan fingerprint density at radius 2 is 1.62 bits per heavy atom. The van der Waals surface area contributed by atoms with Crippen molar-refractivity contribution in [3.05, 3.63) is 121 Å². The normalized spacial score (nSPS) is 13.0. The molecule has 5 nitrogen and oxygen atoms in total. The second-order valence-corrected chi connectivity index (χ2v) is 11.7. The molecule has 0 fully saturated rings. The summed E-state index contributed by atoms with van der Waals surface area (Å²) in [5, 5.41) is 2.26. The average Bonchev–Trinajstić information content (AvgIpc) is 3.47. The van der Waals surface area contributed by atoms with Gasteiger partial charge in [-0.2, -0.15) is 18.3 Å². The van der Waals surface area contributed by atoms with Gasteiger partial charge in [0.1, 0.15) is 5.82 Å². The molecule has 0 bridgehead atoms. The third kappa shape index (κ3) is 4.86. The van der Waals surface area contributed by atoms with Crippen LogP contribution in [-0.2, 0) is 26.5 Å². The van der Waals surface area contributed by atoms with Gasteiger partial charge in [0, 0.05) is 55.7 Å². The molecule has 0 aliphatic carbocycles. The molecule has 1 aliphatic rings. The zero-order valence-electron chi connectivity index (χ0n) is 24.3. The maximum absolute atomic E-state index is 6.45. The van der Waals surface area contributed by atoms with Gasteiger partial charge >= 0.3 is 0 Å². The van der Waals surface area contributed by atoms with Crippen LogP contribution in [0.25, 0.3) is 27.6 Å². The van der Waals surface area contributed by atoms with Crippen LogP contribution in [0.4, 0.5) is 17.1 Å². The Kier molecular flexibility index (Phi) is 7.11. The first-order valence-corrected chi connectivity index (χ1v) is 13.9. The zero-order valence-corrected chi connectivity index (χ0v) is 26.5. The maximum atomic E-state index is 6.45. The summed E-state index contributed by atoms with van der Waals surface area (Å²) in [5.41, 5.74) is 7.68. The van der Waals surface area contributed by atoms with Crippen molar-refractivity contribution in [2.24, 2.45) is 0 Å². The monoisotopic (exact) mass is 730 g/mol. The molecule has 4 aromatic carbocycles. The van der Waals surface area contributed by atoms with E-state index in [1.54, 1.807) is 0 Å². The molecule has 1 aliphatic heterocycles. The number of pyridine rings is 1. The minimum Gasteiger partial charge on any atom is -0.509 e.